The molecule has 1 aliphatic heterocycles. The van der Waals surface area contributed by atoms with E-state index in [-0.39, 0.29) is 5.91 Å². The normalized spacial score (nSPS) is 15.8. The molecule has 0 atom stereocenters. The summed E-state index contributed by atoms with van der Waals surface area (Å²) in [5.41, 5.74) is 2.41. The second-order valence-electron chi connectivity index (χ2n) is 3.25. The first-order chi connectivity index (χ1) is 6.74. The Morgan fingerprint density at radius 3 is 3.00 bits per heavy atom. The van der Waals surface area contributed by atoms with Crippen molar-refractivity contribution in [2.45, 2.75) is 32.6 Å². The minimum absolute atomic E-state index is 0.0440. The molecule has 1 saturated heterocycles. The van der Waals surface area contributed by atoms with Crippen LogP contribution in [0.1, 0.15) is 32.6 Å². The van der Waals surface area contributed by atoms with Gasteiger partial charge in [-0.2, -0.15) is 0 Å². The number of rotatable bonds is 4. The molecule has 1 rings (SSSR count). The van der Waals surface area contributed by atoms with Crippen LogP contribution in [-0.4, -0.2) is 30.2 Å². The fourth-order valence-electron chi connectivity index (χ4n) is 1.22. The molecule has 1 heterocycles. The maximum atomic E-state index is 11.1. The molecule has 5 heteroatoms. The van der Waals surface area contributed by atoms with Crippen molar-refractivity contribution in [1.82, 2.24) is 10.4 Å². The van der Waals surface area contributed by atoms with Crippen LogP contribution in [0.3, 0.4) is 0 Å². The van der Waals surface area contributed by atoms with Crippen LogP contribution in [0.25, 0.3) is 0 Å². The third-order valence-electron chi connectivity index (χ3n) is 2.03. The number of ether oxygens (including phenoxy) is 1. The number of unbranched alkanes of at least 4 members (excludes halogenated alkanes) is 1. The molecule has 1 fully saturated rings. The Morgan fingerprint density at radius 2 is 2.43 bits per heavy atom. The third-order valence-corrected chi connectivity index (χ3v) is 2.03. The largest absolute Gasteiger partial charge is 0.448 e. The van der Waals surface area contributed by atoms with Gasteiger partial charge < -0.3 is 4.74 Å². The van der Waals surface area contributed by atoms with E-state index < -0.39 is 6.09 Å². The van der Waals surface area contributed by atoms with E-state index in [1.54, 1.807) is 0 Å². The molecular formula is C9H16N2O3. The quantitative estimate of drug-likeness (QED) is 0.690. The highest BCUT2D eigenvalue weighted by molar-refractivity contribution is 5.80. The molecule has 1 aliphatic rings. The van der Waals surface area contributed by atoms with Gasteiger partial charge in [0, 0.05) is 13.0 Å². The molecule has 0 aromatic carbocycles. The number of hydrogen-bond donors (Lipinski definition) is 1. The lowest BCUT2D eigenvalue weighted by molar-refractivity contribution is -0.130. The number of carbonyl (C=O) groups excluding carboxylic acids is 2. The van der Waals surface area contributed by atoms with Crippen LogP contribution in [-0.2, 0) is 9.53 Å². The predicted molar refractivity (Wildman–Crippen MR) is 50.3 cm³/mol. The van der Waals surface area contributed by atoms with E-state index in [1.807, 2.05) is 6.92 Å². The third kappa shape index (κ3) is 3.24. The zero-order valence-electron chi connectivity index (χ0n) is 8.41. The molecule has 1 N–H and O–H groups in total. The van der Waals surface area contributed by atoms with Gasteiger partial charge in [0.05, 0.1) is 6.61 Å². The topological polar surface area (TPSA) is 58.6 Å². The number of hydrogen-bond acceptors (Lipinski definition) is 3. The lowest BCUT2D eigenvalue weighted by Crippen LogP contribution is -2.43. The van der Waals surface area contributed by atoms with Gasteiger partial charge in [0.25, 0.3) is 0 Å². The van der Waals surface area contributed by atoms with Gasteiger partial charge >= 0.3 is 6.09 Å². The molecule has 2 amide bonds. The van der Waals surface area contributed by atoms with E-state index in [0.717, 1.165) is 19.3 Å². The van der Waals surface area contributed by atoms with E-state index in [4.69, 9.17) is 4.74 Å². The van der Waals surface area contributed by atoms with Gasteiger partial charge in [-0.25, -0.2) is 10.2 Å². The minimum atomic E-state index is -0.534. The molecule has 80 valence electrons. The molecule has 14 heavy (non-hydrogen) atoms. The maximum absolute atomic E-state index is 11.1. The second kappa shape index (κ2) is 5.47. The lowest BCUT2D eigenvalue weighted by atomic mass is 10.4. The fraction of sp³-hybridized carbons (Fsp3) is 0.778. The number of hydrazine groups is 1. The smallest absolute Gasteiger partial charge is 0.426 e. The highest BCUT2D eigenvalue weighted by Crippen LogP contribution is 2.06. The summed E-state index contributed by atoms with van der Waals surface area (Å²) in [5, 5.41) is 1.31. The van der Waals surface area contributed by atoms with Crippen LogP contribution < -0.4 is 5.43 Å². The van der Waals surface area contributed by atoms with Crippen LogP contribution in [0.4, 0.5) is 4.79 Å². The number of nitrogens with zero attached hydrogens (tertiary/aromatic N) is 1. The fourth-order valence-corrected chi connectivity index (χ4v) is 1.22. The van der Waals surface area contributed by atoms with E-state index in [1.165, 1.54) is 5.01 Å². The first kappa shape index (κ1) is 10.8. The zero-order valence-corrected chi connectivity index (χ0v) is 8.41. The molecule has 0 bridgehead atoms. The van der Waals surface area contributed by atoms with Crippen molar-refractivity contribution in [3.63, 3.8) is 0 Å². The summed E-state index contributed by atoms with van der Waals surface area (Å²) < 4.78 is 4.85. The first-order valence-corrected chi connectivity index (χ1v) is 4.98. The van der Waals surface area contributed by atoms with Crippen molar-refractivity contribution >= 4 is 12.0 Å². The Morgan fingerprint density at radius 1 is 1.64 bits per heavy atom. The monoisotopic (exact) mass is 200 g/mol. The summed E-state index contributed by atoms with van der Waals surface area (Å²) >= 11 is 0. The number of amides is 2. The Hall–Kier alpha value is -1.26. The lowest BCUT2D eigenvalue weighted by Gasteiger charge is -2.16. The summed E-state index contributed by atoms with van der Waals surface area (Å²) in [4.78, 5) is 22.2. The highest BCUT2D eigenvalue weighted by atomic mass is 16.6. The average molecular weight is 200 g/mol. The van der Waals surface area contributed by atoms with Crippen LogP contribution in [0, 0.1) is 0 Å². The van der Waals surface area contributed by atoms with Crippen LogP contribution >= 0.6 is 0 Å². The molecule has 0 radical (unpaired) electrons. The van der Waals surface area contributed by atoms with Gasteiger partial charge in [0.15, 0.2) is 0 Å². The molecular weight excluding hydrogens is 184 g/mol. The van der Waals surface area contributed by atoms with Gasteiger partial charge in [-0.15, -0.1) is 0 Å². The Kier molecular flexibility index (Phi) is 4.22. The van der Waals surface area contributed by atoms with Crippen LogP contribution in [0.2, 0.25) is 0 Å². The van der Waals surface area contributed by atoms with Gasteiger partial charge in [-0.3, -0.25) is 9.80 Å². The Bertz CT molecular complexity index is 218. The van der Waals surface area contributed by atoms with Gasteiger partial charge in [-0.1, -0.05) is 13.3 Å². The minimum Gasteiger partial charge on any atom is -0.448 e. The molecule has 0 unspecified atom stereocenters. The number of nitrogens with one attached hydrogen (secondary N) is 1. The Balaban J connectivity index is 2.16. The molecule has 0 aromatic heterocycles. The van der Waals surface area contributed by atoms with Crippen LogP contribution in [0.15, 0.2) is 0 Å². The summed E-state index contributed by atoms with van der Waals surface area (Å²) in [6.07, 6.45) is 2.61. The van der Waals surface area contributed by atoms with Gasteiger partial charge in [0.1, 0.15) is 0 Å². The summed E-state index contributed by atoms with van der Waals surface area (Å²) in [7, 11) is 0. The van der Waals surface area contributed by atoms with E-state index in [0.29, 0.717) is 19.6 Å². The van der Waals surface area contributed by atoms with E-state index in [9.17, 15) is 9.59 Å². The standard InChI is InChI=1S/C9H16N2O3/c1-2-3-7-14-9(13)10-11-6-4-5-8(11)12/h2-7H2,1H3,(H,10,13). The molecule has 0 spiro atoms. The maximum Gasteiger partial charge on any atom is 0.426 e. The average Bonchev–Trinajstić information content (AvgIpc) is 2.52. The van der Waals surface area contributed by atoms with Crippen molar-refractivity contribution in [2.75, 3.05) is 13.2 Å². The van der Waals surface area contributed by atoms with Crippen LogP contribution in [0.5, 0.6) is 0 Å². The second-order valence-corrected chi connectivity index (χ2v) is 3.25. The highest BCUT2D eigenvalue weighted by Gasteiger charge is 2.22. The van der Waals surface area contributed by atoms with Crippen molar-refractivity contribution in [3.8, 4) is 0 Å². The summed E-state index contributed by atoms with van der Waals surface area (Å²) in [6.45, 7) is 3.01. The molecule has 0 aliphatic carbocycles. The Labute approximate surface area is 83.4 Å². The van der Waals surface area contributed by atoms with E-state index >= 15 is 0 Å². The predicted octanol–water partition coefficient (Wildman–Crippen LogP) is 1.05. The molecule has 5 nitrogen and oxygen atoms in total. The molecule has 0 saturated carbocycles. The number of carbonyl (C=O) groups is 2. The molecule has 0 aromatic rings. The van der Waals surface area contributed by atoms with Gasteiger partial charge in [0.2, 0.25) is 5.91 Å². The zero-order chi connectivity index (χ0) is 10.4. The van der Waals surface area contributed by atoms with Crippen molar-refractivity contribution < 1.29 is 14.3 Å². The summed E-state index contributed by atoms with van der Waals surface area (Å²) in [6, 6.07) is 0. The summed E-state index contributed by atoms with van der Waals surface area (Å²) in [5.74, 6) is -0.0440. The van der Waals surface area contributed by atoms with Crippen molar-refractivity contribution in [2.24, 2.45) is 0 Å². The van der Waals surface area contributed by atoms with Crippen molar-refractivity contribution in [3.05, 3.63) is 0 Å². The SMILES string of the molecule is CCCCOC(=O)NN1CCCC1=O. The van der Waals surface area contributed by atoms with Gasteiger partial charge in [-0.05, 0) is 12.8 Å². The first-order valence-electron chi connectivity index (χ1n) is 4.98. The van der Waals surface area contributed by atoms with Crippen molar-refractivity contribution in [1.29, 1.82) is 0 Å². The van der Waals surface area contributed by atoms with E-state index in [2.05, 4.69) is 5.43 Å².